The maximum absolute atomic E-state index is 10.1. The van der Waals surface area contributed by atoms with Crippen LogP contribution in [0.2, 0.25) is 5.02 Å². The van der Waals surface area contributed by atoms with Gasteiger partial charge in [-0.1, -0.05) is 41.9 Å². The number of fused-ring (bicyclic) bond motifs is 1. The topological polar surface area (TPSA) is 58.0 Å². The third kappa shape index (κ3) is 3.57. The summed E-state index contributed by atoms with van der Waals surface area (Å²) in [7, 11) is 0. The molecule has 4 aromatic rings. The SMILES string of the molecule is Cc1nc2c(O)cccc2cc1C(Nc1ccccn1)c1cccc(Cl)c1. The number of benzene rings is 2. The highest BCUT2D eigenvalue weighted by Gasteiger charge is 2.19. The average Bonchev–Trinajstić information content (AvgIpc) is 2.67. The molecule has 0 amide bonds. The molecule has 0 bridgehead atoms. The van der Waals surface area contributed by atoms with Gasteiger partial charge < -0.3 is 10.4 Å². The van der Waals surface area contributed by atoms with E-state index in [1.54, 1.807) is 12.3 Å². The van der Waals surface area contributed by atoms with E-state index in [0.717, 1.165) is 28.0 Å². The molecule has 5 heteroatoms. The maximum Gasteiger partial charge on any atom is 0.141 e. The van der Waals surface area contributed by atoms with Gasteiger partial charge in [0.15, 0.2) is 0 Å². The van der Waals surface area contributed by atoms with Crippen molar-refractivity contribution in [3.8, 4) is 5.75 Å². The molecule has 0 saturated carbocycles. The van der Waals surface area contributed by atoms with Crippen molar-refractivity contribution in [2.75, 3.05) is 5.32 Å². The number of anilines is 1. The first-order chi connectivity index (χ1) is 13.1. The molecule has 0 fully saturated rings. The summed E-state index contributed by atoms with van der Waals surface area (Å²) in [6, 6.07) is 20.8. The summed E-state index contributed by atoms with van der Waals surface area (Å²) in [4.78, 5) is 9.04. The molecule has 0 saturated heterocycles. The number of aromatic hydroxyl groups is 1. The lowest BCUT2D eigenvalue weighted by Gasteiger charge is -2.22. The number of nitrogens with one attached hydrogen (secondary N) is 1. The van der Waals surface area contributed by atoms with E-state index < -0.39 is 0 Å². The zero-order valence-electron chi connectivity index (χ0n) is 14.7. The maximum atomic E-state index is 10.1. The van der Waals surface area contributed by atoms with E-state index in [9.17, 15) is 5.11 Å². The van der Waals surface area contributed by atoms with Gasteiger partial charge in [-0.25, -0.2) is 9.97 Å². The van der Waals surface area contributed by atoms with Crippen molar-refractivity contribution >= 4 is 28.3 Å². The fourth-order valence-corrected chi connectivity index (χ4v) is 3.40. The number of rotatable bonds is 4. The van der Waals surface area contributed by atoms with Crippen LogP contribution in [0.15, 0.2) is 72.9 Å². The van der Waals surface area contributed by atoms with Crippen LogP contribution < -0.4 is 5.32 Å². The molecule has 4 rings (SSSR count). The lowest BCUT2D eigenvalue weighted by Crippen LogP contribution is -2.15. The van der Waals surface area contributed by atoms with Gasteiger partial charge in [0.25, 0.3) is 0 Å². The van der Waals surface area contributed by atoms with Crippen LogP contribution in [0.4, 0.5) is 5.82 Å². The Morgan fingerprint density at radius 3 is 2.63 bits per heavy atom. The third-order valence-electron chi connectivity index (χ3n) is 4.50. The van der Waals surface area contributed by atoms with E-state index in [1.165, 1.54) is 0 Å². The zero-order valence-corrected chi connectivity index (χ0v) is 15.5. The van der Waals surface area contributed by atoms with Crippen molar-refractivity contribution in [2.24, 2.45) is 0 Å². The van der Waals surface area contributed by atoms with E-state index in [2.05, 4.69) is 21.4 Å². The summed E-state index contributed by atoms with van der Waals surface area (Å²) in [5.74, 6) is 0.942. The van der Waals surface area contributed by atoms with Crippen LogP contribution in [0.1, 0.15) is 22.9 Å². The molecular formula is C22H18ClN3O. The molecule has 0 aliphatic carbocycles. The van der Waals surface area contributed by atoms with Gasteiger partial charge in [0.05, 0.1) is 6.04 Å². The van der Waals surface area contributed by atoms with E-state index in [1.807, 2.05) is 61.5 Å². The summed E-state index contributed by atoms with van der Waals surface area (Å²) < 4.78 is 0. The summed E-state index contributed by atoms with van der Waals surface area (Å²) in [5.41, 5.74) is 3.44. The molecule has 4 nitrogen and oxygen atoms in total. The predicted octanol–water partition coefficient (Wildman–Crippen LogP) is 5.50. The fraction of sp³-hybridized carbons (Fsp3) is 0.0909. The van der Waals surface area contributed by atoms with Crippen LogP contribution in [-0.2, 0) is 0 Å². The van der Waals surface area contributed by atoms with Gasteiger partial charge in [-0.2, -0.15) is 0 Å². The summed E-state index contributed by atoms with van der Waals surface area (Å²) in [6.45, 7) is 1.94. The summed E-state index contributed by atoms with van der Waals surface area (Å²) in [6.07, 6.45) is 1.75. The Hall–Kier alpha value is -3.11. The van der Waals surface area contributed by atoms with Gasteiger partial charge in [0, 0.05) is 27.9 Å². The van der Waals surface area contributed by atoms with E-state index >= 15 is 0 Å². The van der Waals surface area contributed by atoms with E-state index in [0.29, 0.717) is 10.5 Å². The fourth-order valence-electron chi connectivity index (χ4n) is 3.21. The molecule has 134 valence electrons. The quantitative estimate of drug-likeness (QED) is 0.494. The van der Waals surface area contributed by atoms with Gasteiger partial charge >= 0.3 is 0 Å². The highest BCUT2D eigenvalue weighted by atomic mass is 35.5. The molecule has 2 N–H and O–H groups in total. The molecular weight excluding hydrogens is 358 g/mol. The Bertz CT molecular complexity index is 1100. The lowest BCUT2D eigenvalue weighted by atomic mass is 9.96. The molecule has 2 heterocycles. The van der Waals surface area contributed by atoms with Crippen LogP contribution in [-0.4, -0.2) is 15.1 Å². The Morgan fingerprint density at radius 1 is 1.00 bits per heavy atom. The van der Waals surface area contributed by atoms with Gasteiger partial charge in [0.1, 0.15) is 17.1 Å². The second-order valence-corrected chi connectivity index (χ2v) is 6.80. The minimum absolute atomic E-state index is 0.180. The van der Waals surface area contributed by atoms with Gasteiger partial charge in [-0.15, -0.1) is 0 Å². The number of aryl methyl sites for hydroxylation is 1. The summed E-state index contributed by atoms with van der Waals surface area (Å²) in [5, 5.41) is 15.1. The molecule has 27 heavy (non-hydrogen) atoms. The Balaban J connectivity index is 1.87. The number of hydrogen-bond donors (Lipinski definition) is 2. The molecule has 1 atom stereocenters. The summed E-state index contributed by atoms with van der Waals surface area (Å²) >= 11 is 6.24. The normalized spacial score (nSPS) is 12.1. The third-order valence-corrected chi connectivity index (χ3v) is 4.74. The second-order valence-electron chi connectivity index (χ2n) is 6.36. The number of phenols is 1. The molecule has 2 aromatic carbocycles. The van der Waals surface area contributed by atoms with E-state index in [-0.39, 0.29) is 11.8 Å². The number of aromatic nitrogens is 2. The first kappa shape index (κ1) is 17.3. The Morgan fingerprint density at radius 2 is 1.85 bits per heavy atom. The van der Waals surface area contributed by atoms with Crippen LogP contribution >= 0.6 is 11.6 Å². The number of pyridine rings is 2. The number of hydrogen-bond acceptors (Lipinski definition) is 4. The second kappa shape index (κ2) is 7.25. The molecule has 1 unspecified atom stereocenters. The number of halogens is 1. The monoisotopic (exact) mass is 375 g/mol. The smallest absolute Gasteiger partial charge is 0.141 e. The van der Waals surface area contributed by atoms with Crippen molar-refractivity contribution in [1.82, 2.24) is 9.97 Å². The molecule has 0 aliphatic rings. The highest BCUT2D eigenvalue weighted by Crippen LogP contribution is 2.33. The number of para-hydroxylation sites is 1. The van der Waals surface area contributed by atoms with Crippen molar-refractivity contribution in [1.29, 1.82) is 0 Å². The van der Waals surface area contributed by atoms with Gasteiger partial charge in [-0.3, -0.25) is 0 Å². The van der Waals surface area contributed by atoms with Crippen molar-refractivity contribution in [3.05, 3.63) is 94.8 Å². The number of phenolic OH excluding ortho intramolecular Hbond substituents is 1. The number of nitrogens with zero attached hydrogens (tertiary/aromatic N) is 2. The molecule has 2 aromatic heterocycles. The van der Waals surface area contributed by atoms with Crippen molar-refractivity contribution in [2.45, 2.75) is 13.0 Å². The first-order valence-electron chi connectivity index (χ1n) is 8.64. The van der Waals surface area contributed by atoms with Crippen LogP contribution in [0.25, 0.3) is 10.9 Å². The van der Waals surface area contributed by atoms with Crippen LogP contribution in [0.3, 0.4) is 0 Å². The lowest BCUT2D eigenvalue weighted by molar-refractivity contribution is 0.480. The van der Waals surface area contributed by atoms with Crippen molar-refractivity contribution in [3.63, 3.8) is 0 Å². The molecule has 0 radical (unpaired) electrons. The standard InChI is InChI=1S/C22H18ClN3O/c1-14-18(13-16-7-5-9-19(27)22(16)25-14)21(15-6-4-8-17(23)12-15)26-20-10-2-3-11-24-20/h2-13,21,27H,1H3,(H,24,26). The van der Waals surface area contributed by atoms with E-state index in [4.69, 9.17) is 11.6 Å². The Kier molecular flexibility index (Phi) is 4.65. The first-order valence-corrected chi connectivity index (χ1v) is 9.02. The molecule has 0 spiro atoms. The van der Waals surface area contributed by atoms with Crippen LogP contribution in [0.5, 0.6) is 5.75 Å². The van der Waals surface area contributed by atoms with Crippen molar-refractivity contribution < 1.29 is 5.11 Å². The molecule has 0 aliphatic heterocycles. The van der Waals surface area contributed by atoms with Gasteiger partial charge in [-0.05, 0) is 48.9 Å². The largest absolute Gasteiger partial charge is 0.506 e. The van der Waals surface area contributed by atoms with Crippen LogP contribution in [0, 0.1) is 6.92 Å². The minimum atomic E-state index is -0.183. The van der Waals surface area contributed by atoms with Gasteiger partial charge in [0.2, 0.25) is 0 Å². The zero-order chi connectivity index (χ0) is 18.8. The minimum Gasteiger partial charge on any atom is -0.506 e. The average molecular weight is 376 g/mol. The predicted molar refractivity (Wildman–Crippen MR) is 109 cm³/mol. The highest BCUT2D eigenvalue weighted by molar-refractivity contribution is 6.30. The Labute approximate surface area is 162 Å².